The van der Waals surface area contributed by atoms with E-state index >= 15 is 0 Å². The first kappa shape index (κ1) is 26.0. The highest BCUT2D eigenvalue weighted by Gasteiger charge is 2.08. The van der Waals surface area contributed by atoms with Crippen LogP contribution in [0.25, 0.3) is 17.1 Å². The molecular formula is C29H32N6OS. The fraction of sp³-hybridized carbons (Fsp3) is 0.241. The minimum atomic E-state index is 0.414. The van der Waals surface area contributed by atoms with Gasteiger partial charge in [0.15, 0.2) is 10.9 Å². The number of thiocarbonyl (C=S) groups is 1. The SMILES string of the molecule is CCCCc1ccc(-n2cnc(-c3ccc(/C=N/NC(=S)Nc4c(C)cc(OC)cc4C)cc3)n2)cc1. The van der Waals surface area contributed by atoms with Gasteiger partial charge in [-0.25, -0.2) is 9.67 Å². The van der Waals surface area contributed by atoms with Gasteiger partial charge in [-0.2, -0.15) is 5.10 Å². The zero-order chi connectivity index (χ0) is 26.2. The molecule has 0 bridgehead atoms. The van der Waals surface area contributed by atoms with Crippen molar-refractivity contribution in [1.29, 1.82) is 0 Å². The molecule has 3 aromatic carbocycles. The predicted molar refractivity (Wildman–Crippen MR) is 155 cm³/mol. The standard InChI is InChI=1S/C29H32N6OS/c1-5-6-7-22-10-14-25(15-11-22)35-19-30-28(34-35)24-12-8-23(9-13-24)18-31-33-29(37)32-27-20(2)16-26(36-4)17-21(27)3/h8-19H,5-7H2,1-4H3,(H2,32,33,37)/b31-18+. The Morgan fingerprint density at radius 1 is 1.05 bits per heavy atom. The Hall–Kier alpha value is -4.04. The summed E-state index contributed by atoms with van der Waals surface area (Å²) in [6.45, 7) is 6.22. The van der Waals surface area contributed by atoms with Gasteiger partial charge in [-0.3, -0.25) is 5.43 Å². The number of aromatic nitrogens is 3. The summed E-state index contributed by atoms with van der Waals surface area (Å²) in [5.41, 5.74) is 10.1. The van der Waals surface area contributed by atoms with E-state index in [0.29, 0.717) is 10.9 Å². The maximum absolute atomic E-state index is 5.40. The number of nitrogens with one attached hydrogen (secondary N) is 2. The Balaban J connectivity index is 1.34. The van der Waals surface area contributed by atoms with Gasteiger partial charge in [-0.05, 0) is 85.4 Å². The fourth-order valence-electron chi connectivity index (χ4n) is 3.98. The fourth-order valence-corrected chi connectivity index (χ4v) is 4.13. The molecule has 0 atom stereocenters. The highest BCUT2D eigenvalue weighted by atomic mass is 32.1. The number of hydrazone groups is 1. The summed E-state index contributed by atoms with van der Waals surface area (Å²) in [4.78, 5) is 4.49. The van der Waals surface area contributed by atoms with Crippen LogP contribution in [-0.2, 0) is 6.42 Å². The van der Waals surface area contributed by atoms with Crippen molar-refractivity contribution in [3.63, 3.8) is 0 Å². The molecule has 1 aromatic heterocycles. The van der Waals surface area contributed by atoms with Gasteiger partial charge >= 0.3 is 0 Å². The van der Waals surface area contributed by atoms with Crippen molar-refractivity contribution in [1.82, 2.24) is 20.2 Å². The molecule has 0 fully saturated rings. The van der Waals surface area contributed by atoms with Crippen molar-refractivity contribution in [2.75, 3.05) is 12.4 Å². The molecular weight excluding hydrogens is 480 g/mol. The lowest BCUT2D eigenvalue weighted by atomic mass is 10.1. The summed E-state index contributed by atoms with van der Waals surface area (Å²) in [6, 6.07) is 20.3. The molecule has 2 N–H and O–H groups in total. The van der Waals surface area contributed by atoms with E-state index in [2.05, 4.69) is 57.1 Å². The molecule has 1 heterocycles. The molecule has 4 aromatic rings. The van der Waals surface area contributed by atoms with Crippen molar-refractivity contribution in [3.05, 3.63) is 89.2 Å². The maximum atomic E-state index is 5.40. The van der Waals surface area contributed by atoms with Crippen LogP contribution in [-0.4, -0.2) is 33.2 Å². The number of hydrogen-bond acceptors (Lipinski definition) is 5. The van der Waals surface area contributed by atoms with Gasteiger partial charge in [0.1, 0.15) is 12.1 Å². The molecule has 0 spiro atoms. The van der Waals surface area contributed by atoms with Crippen LogP contribution in [0.2, 0.25) is 0 Å². The lowest BCUT2D eigenvalue weighted by molar-refractivity contribution is 0.414. The van der Waals surface area contributed by atoms with Crippen LogP contribution >= 0.6 is 12.2 Å². The highest BCUT2D eigenvalue weighted by molar-refractivity contribution is 7.80. The van der Waals surface area contributed by atoms with Gasteiger partial charge in [0, 0.05) is 11.3 Å². The topological polar surface area (TPSA) is 76.4 Å². The van der Waals surface area contributed by atoms with E-state index in [4.69, 9.17) is 17.0 Å². The maximum Gasteiger partial charge on any atom is 0.191 e. The lowest BCUT2D eigenvalue weighted by Crippen LogP contribution is -2.24. The molecule has 0 saturated carbocycles. The number of ether oxygens (including phenoxy) is 1. The highest BCUT2D eigenvalue weighted by Crippen LogP contribution is 2.26. The second-order valence-corrected chi connectivity index (χ2v) is 9.27. The third-order valence-electron chi connectivity index (χ3n) is 6.04. The van der Waals surface area contributed by atoms with Crippen LogP contribution in [0.15, 0.2) is 72.1 Å². The first-order valence-corrected chi connectivity index (χ1v) is 12.7. The first-order valence-electron chi connectivity index (χ1n) is 12.3. The molecule has 37 heavy (non-hydrogen) atoms. The number of unbranched alkanes of at least 4 members (excludes halogenated alkanes) is 1. The smallest absolute Gasteiger partial charge is 0.191 e. The van der Waals surface area contributed by atoms with Gasteiger partial charge in [-0.15, -0.1) is 5.10 Å². The van der Waals surface area contributed by atoms with Crippen molar-refractivity contribution in [2.45, 2.75) is 40.0 Å². The Labute approximate surface area is 223 Å². The van der Waals surface area contributed by atoms with Crippen LogP contribution < -0.4 is 15.5 Å². The summed E-state index contributed by atoms with van der Waals surface area (Å²) in [5.74, 6) is 1.49. The molecule has 0 aliphatic heterocycles. The quantitative estimate of drug-likeness (QED) is 0.157. The summed E-state index contributed by atoms with van der Waals surface area (Å²) in [7, 11) is 1.66. The number of nitrogens with zero attached hydrogens (tertiary/aromatic N) is 4. The summed E-state index contributed by atoms with van der Waals surface area (Å²) >= 11 is 5.40. The number of aryl methyl sites for hydroxylation is 3. The van der Waals surface area contributed by atoms with E-state index in [-0.39, 0.29) is 0 Å². The van der Waals surface area contributed by atoms with Gasteiger partial charge in [-0.1, -0.05) is 49.7 Å². The van der Waals surface area contributed by atoms with Gasteiger partial charge < -0.3 is 10.1 Å². The van der Waals surface area contributed by atoms with E-state index in [1.807, 2.05) is 50.2 Å². The van der Waals surface area contributed by atoms with E-state index in [1.54, 1.807) is 24.3 Å². The van der Waals surface area contributed by atoms with Crippen molar-refractivity contribution in [3.8, 4) is 22.8 Å². The molecule has 0 amide bonds. The summed E-state index contributed by atoms with van der Waals surface area (Å²) in [5, 5.41) is 12.5. The van der Waals surface area contributed by atoms with Gasteiger partial charge in [0.05, 0.1) is 19.0 Å². The van der Waals surface area contributed by atoms with Crippen molar-refractivity contribution >= 4 is 29.2 Å². The largest absolute Gasteiger partial charge is 0.497 e. The molecule has 0 aliphatic rings. The Morgan fingerprint density at radius 2 is 1.76 bits per heavy atom. The van der Waals surface area contributed by atoms with Crippen LogP contribution in [0.4, 0.5) is 5.69 Å². The normalized spacial score (nSPS) is 11.0. The van der Waals surface area contributed by atoms with Crippen LogP contribution in [0, 0.1) is 13.8 Å². The van der Waals surface area contributed by atoms with Gasteiger partial charge in [0.2, 0.25) is 0 Å². The number of anilines is 1. The zero-order valence-electron chi connectivity index (χ0n) is 21.7. The molecule has 7 nitrogen and oxygen atoms in total. The Bertz CT molecular complexity index is 1350. The number of rotatable bonds is 9. The van der Waals surface area contributed by atoms with Gasteiger partial charge in [0.25, 0.3) is 0 Å². The summed E-state index contributed by atoms with van der Waals surface area (Å²) in [6.07, 6.45) is 6.97. The Kier molecular flexibility index (Phi) is 8.64. The third kappa shape index (κ3) is 6.80. The Morgan fingerprint density at radius 3 is 2.41 bits per heavy atom. The lowest BCUT2D eigenvalue weighted by Gasteiger charge is -2.14. The van der Waals surface area contributed by atoms with Crippen LogP contribution in [0.5, 0.6) is 5.75 Å². The first-order chi connectivity index (χ1) is 18.0. The third-order valence-corrected chi connectivity index (χ3v) is 6.23. The number of hydrogen-bond donors (Lipinski definition) is 2. The molecule has 0 radical (unpaired) electrons. The average molecular weight is 513 g/mol. The second kappa shape index (κ2) is 12.3. The molecule has 0 unspecified atom stereocenters. The van der Waals surface area contributed by atoms with E-state index in [9.17, 15) is 0 Å². The monoisotopic (exact) mass is 512 g/mol. The molecule has 8 heteroatoms. The molecule has 4 rings (SSSR count). The molecule has 0 saturated heterocycles. The average Bonchev–Trinajstić information content (AvgIpc) is 3.40. The van der Waals surface area contributed by atoms with Crippen LogP contribution in [0.1, 0.15) is 42.0 Å². The minimum absolute atomic E-state index is 0.414. The summed E-state index contributed by atoms with van der Waals surface area (Å²) < 4.78 is 7.12. The predicted octanol–water partition coefficient (Wildman–Crippen LogP) is 6.22. The van der Waals surface area contributed by atoms with Crippen LogP contribution in [0.3, 0.4) is 0 Å². The molecule has 190 valence electrons. The molecule has 0 aliphatic carbocycles. The van der Waals surface area contributed by atoms with E-state index < -0.39 is 0 Å². The number of benzene rings is 3. The van der Waals surface area contributed by atoms with E-state index in [1.165, 1.54) is 18.4 Å². The number of methoxy groups -OCH3 is 1. The zero-order valence-corrected chi connectivity index (χ0v) is 22.5. The minimum Gasteiger partial charge on any atom is -0.497 e. The second-order valence-electron chi connectivity index (χ2n) is 8.87. The van der Waals surface area contributed by atoms with Crippen molar-refractivity contribution in [2.24, 2.45) is 5.10 Å². The van der Waals surface area contributed by atoms with E-state index in [0.717, 1.165) is 45.8 Å². The van der Waals surface area contributed by atoms with Crippen molar-refractivity contribution < 1.29 is 4.74 Å².